The van der Waals surface area contributed by atoms with E-state index in [1.807, 2.05) is 4.90 Å². The Morgan fingerprint density at radius 1 is 1.23 bits per heavy atom. The predicted octanol–water partition coefficient (Wildman–Crippen LogP) is 2.69. The van der Waals surface area contributed by atoms with Crippen LogP contribution < -0.4 is 10.1 Å². The van der Waals surface area contributed by atoms with Gasteiger partial charge in [-0.15, -0.1) is 0 Å². The molecule has 3 aliphatic rings. The molecule has 1 amide bonds. The molecular formula is C19H26N2O5. The van der Waals surface area contributed by atoms with Crippen LogP contribution >= 0.6 is 0 Å². The summed E-state index contributed by atoms with van der Waals surface area (Å²) < 4.78 is 17.2. The summed E-state index contributed by atoms with van der Waals surface area (Å²) in [6.45, 7) is 1.42. The number of phenolic OH excluding ortho intramolecular Hbond substituents is 1. The third-order valence-electron chi connectivity index (χ3n) is 5.44. The number of rotatable bonds is 3. The highest BCUT2D eigenvalue weighted by Crippen LogP contribution is 2.38. The van der Waals surface area contributed by atoms with Gasteiger partial charge < -0.3 is 29.5 Å². The van der Waals surface area contributed by atoms with E-state index in [9.17, 15) is 9.90 Å². The van der Waals surface area contributed by atoms with Crippen molar-refractivity contribution in [1.29, 1.82) is 0 Å². The molecule has 0 aliphatic carbocycles. The Balaban J connectivity index is 1.68. The number of hydrogen-bond donors (Lipinski definition) is 2. The van der Waals surface area contributed by atoms with Crippen molar-refractivity contribution in [3.63, 3.8) is 0 Å². The molecular weight excluding hydrogens is 336 g/mol. The molecule has 142 valence electrons. The maximum absolute atomic E-state index is 13.2. The molecule has 26 heavy (non-hydrogen) atoms. The normalized spacial score (nSPS) is 28.6. The molecule has 0 aromatic heterocycles. The molecule has 1 aromatic carbocycles. The smallest absolute Gasteiger partial charge is 0.256 e. The van der Waals surface area contributed by atoms with Gasteiger partial charge in [0.2, 0.25) is 0 Å². The van der Waals surface area contributed by atoms with Gasteiger partial charge in [-0.1, -0.05) is 0 Å². The summed E-state index contributed by atoms with van der Waals surface area (Å²) in [6, 6.07) is 3.09. The van der Waals surface area contributed by atoms with Crippen molar-refractivity contribution in [2.24, 2.45) is 0 Å². The standard InChI is InChI=1S/C19H26N2O5/c1-24-16-10-12-13(11-15(16)22)20-18(26-17-7-3-5-9-25-17)14-6-2-4-8-21(14)19(12)23/h10-11,14,17-18,20,22H,2-9H2,1H3. The van der Waals surface area contributed by atoms with Crippen LogP contribution in [0.15, 0.2) is 12.1 Å². The summed E-state index contributed by atoms with van der Waals surface area (Å²) >= 11 is 0. The van der Waals surface area contributed by atoms with Crippen LogP contribution in [0.2, 0.25) is 0 Å². The molecule has 0 bridgehead atoms. The van der Waals surface area contributed by atoms with Gasteiger partial charge in [0, 0.05) is 19.2 Å². The van der Waals surface area contributed by atoms with Gasteiger partial charge in [0.1, 0.15) is 0 Å². The number of carbonyl (C=O) groups is 1. The van der Waals surface area contributed by atoms with Gasteiger partial charge in [-0.25, -0.2) is 0 Å². The molecule has 3 heterocycles. The van der Waals surface area contributed by atoms with E-state index in [-0.39, 0.29) is 30.2 Å². The fraction of sp³-hybridized carbons (Fsp3) is 0.632. The molecule has 4 rings (SSSR count). The number of nitrogens with one attached hydrogen (secondary N) is 1. The molecule has 2 N–H and O–H groups in total. The number of benzene rings is 1. The fourth-order valence-corrected chi connectivity index (χ4v) is 4.06. The number of nitrogens with zero attached hydrogens (tertiary/aromatic N) is 1. The molecule has 3 aliphatic heterocycles. The second-order valence-electron chi connectivity index (χ2n) is 7.13. The minimum atomic E-state index is -0.364. The van der Waals surface area contributed by atoms with Gasteiger partial charge in [-0.2, -0.15) is 0 Å². The molecule has 2 fully saturated rings. The van der Waals surface area contributed by atoms with E-state index in [1.54, 1.807) is 12.1 Å². The summed E-state index contributed by atoms with van der Waals surface area (Å²) in [6.07, 6.45) is 5.31. The first-order chi connectivity index (χ1) is 12.7. The van der Waals surface area contributed by atoms with Crippen LogP contribution in [0.25, 0.3) is 0 Å². The first-order valence-electron chi connectivity index (χ1n) is 9.43. The third-order valence-corrected chi connectivity index (χ3v) is 5.44. The molecule has 2 saturated heterocycles. The largest absolute Gasteiger partial charge is 0.504 e. The third kappa shape index (κ3) is 3.21. The number of anilines is 1. The summed E-state index contributed by atoms with van der Waals surface area (Å²) in [5.41, 5.74) is 1.07. The second-order valence-corrected chi connectivity index (χ2v) is 7.13. The van der Waals surface area contributed by atoms with Crippen molar-refractivity contribution in [2.45, 2.75) is 57.1 Å². The number of amides is 1. The number of piperidine rings is 1. The number of methoxy groups -OCH3 is 1. The van der Waals surface area contributed by atoms with Crippen LogP contribution in [-0.2, 0) is 9.47 Å². The van der Waals surface area contributed by atoms with E-state index < -0.39 is 0 Å². The fourth-order valence-electron chi connectivity index (χ4n) is 4.06. The number of carbonyl (C=O) groups excluding carboxylic acids is 1. The van der Waals surface area contributed by atoms with E-state index in [0.717, 1.165) is 38.5 Å². The Morgan fingerprint density at radius 3 is 2.85 bits per heavy atom. The van der Waals surface area contributed by atoms with Crippen LogP contribution in [0.1, 0.15) is 48.9 Å². The number of aromatic hydroxyl groups is 1. The Kier molecular flexibility index (Phi) is 4.91. The molecule has 0 radical (unpaired) electrons. The minimum Gasteiger partial charge on any atom is -0.504 e. The first-order valence-corrected chi connectivity index (χ1v) is 9.43. The van der Waals surface area contributed by atoms with E-state index in [4.69, 9.17) is 14.2 Å². The zero-order chi connectivity index (χ0) is 18.1. The number of hydrogen-bond acceptors (Lipinski definition) is 6. The summed E-state index contributed by atoms with van der Waals surface area (Å²) in [7, 11) is 1.48. The molecule has 1 aromatic rings. The topological polar surface area (TPSA) is 80.3 Å². The van der Waals surface area contributed by atoms with Crippen molar-refractivity contribution in [3.8, 4) is 11.5 Å². The maximum atomic E-state index is 13.2. The molecule has 3 atom stereocenters. The summed E-state index contributed by atoms with van der Waals surface area (Å²) in [5.74, 6) is 0.243. The van der Waals surface area contributed by atoms with E-state index >= 15 is 0 Å². The lowest BCUT2D eigenvalue weighted by molar-refractivity contribution is -0.193. The van der Waals surface area contributed by atoms with Crippen molar-refractivity contribution in [1.82, 2.24) is 4.90 Å². The maximum Gasteiger partial charge on any atom is 0.256 e. The molecule has 7 nitrogen and oxygen atoms in total. The predicted molar refractivity (Wildman–Crippen MR) is 95.4 cm³/mol. The van der Waals surface area contributed by atoms with Crippen LogP contribution in [0.4, 0.5) is 5.69 Å². The quantitative estimate of drug-likeness (QED) is 0.861. The average Bonchev–Trinajstić information content (AvgIpc) is 2.78. The van der Waals surface area contributed by atoms with Crippen molar-refractivity contribution in [3.05, 3.63) is 17.7 Å². The Morgan fingerprint density at radius 2 is 2.08 bits per heavy atom. The Hall–Kier alpha value is -1.99. The average molecular weight is 362 g/mol. The lowest BCUT2D eigenvalue weighted by atomic mass is 10.0. The van der Waals surface area contributed by atoms with Gasteiger partial charge in [-0.05, 0) is 44.6 Å². The monoisotopic (exact) mass is 362 g/mol. The molecule has 3 unspecified atom stereocenters. The van der Waals surface area contributed by atoms with Crippen LogP contribution in [0.5, 0.6) is 11.5 Å². The van der Waals surface area contributed by atoms with Crippen LogP contribution in [0, 0.1) is 0 Å². The summed E-state index contributed by atoms with van der Waals surface area (Å²) in [5, 5.41) is 13.5. The highest BCUT2D eigenvalue weighted by Gasteiger charge is 2.40. The minimum absolute atomic E-state index is 0.000844. The Labute approximate surface area is 153 Å². The zero-order valence-electron chi connectivity index (χ0n) is 15.1. The van der Waals surface area contributed by atoms with Gasteiger partial charge in [-0.3, -0.25) is 4.79 Å². The van der Waals surface area contributed by atoms with Gasteiger partial charge in [0.05, 0.1) is 24.4 Å². The highest BCUT2D eigenvalue weighted by atomic mass is 16.7. The van der Waals surface area contributed by atoms with Gasteiger partial charge in [0.15, 0.2) is 24.0 Å². The first kappa shape index (κ1) is 17.4. The number of phenols is 1. The van der Waals surface area contributed by atoms with E-state index in [0.29, 0.717) is 30.2 Å². The van der Waals surface area contributed by atoms with Crippen molar-refractivity contribution in [2.75, 3.05) is 25.6 Å². The zero-order valence-corrected chi connectivity index (χ0v) is 15.1. The van der Waals surface area contributed by atoms with Crippen molar-refractivity contribution >= 4 is 11.6 Å². The molecule has 0 spiro atoms. The highest BCUT2D eigenvalue weighted by molar-refractivity contribution is 6.01. The number of fused-ring (bicyclic) bond motifs is 2. The second kappa shape index (κ2) is 7.32. The van der Waals surface area contributed by atoms with Crippen molar-refractivity contribution < 1.29 is 24.1 Å². The van der Waals surface area contributed by atoms with Crippen LogP contribution in [-0.4, -0.2) is 54.7 Å². The number of ether oxygens (including phenoxy) is 3. The van der Waals surface area contributed by atoms with Gasteiger partial charge in [0.25, 0.3) is 5.91 Å². The lowest BCUT2D eigenvalue weighted by Crippen LogP contribution is -2.52. The van der Waals surface area contributed by atoms with E-state index in [2.05, 4.69) is 5.32 Å². The van der Waals surface area contributed by atoms with Gasteiger partial charge >= 0.3 is 0 Å². The Bertz CT molecular complexity index is 674. The molecule has 7 heteroatoms. The summed E-state index contributed by atoms with van der Waals surface area (Å²) in [4.78, 5) is 15.0. The van der Waals surface area contributed by atoms with Crippen LogP contribution in [0.3, 0.4) is 0 Å². The molecule has 0 saturated carbocycles. The lowest BCUT2D eigenvalue weighted by Gasteiger charge is -2.39. The van der Waals surface area contributed by atoms with E-state index in [1.165, 1.54) is 7.11 Å². The SMILES string of the molecule is COc1cc2c(cc1O)NC(OC1CCCCO1)C1CCCCN1C2=O.